The van der Waals surface area contributed by atoms with Crippen molar-refractivity contribution in [2.75, 3.05) is 6.54 Å². The molecule has 0 saturated carbocycles. The maximum absolute atomic E-state index is 13.6. The Morgan fingerprint density at radius 3 is 2.42 bits per heavy atom. The average Bonchev–Trinajstić information content (AvgIpc) is 3.36. The minimum absolute atomic E-state index is 0.230. The predicted octanol–water partition coefficient (Wildman–Crippen LogP) is 0.999. The van der Waals surface area contributed by atoms with E-state index in [9.17, 15) is 29.1 Å². The largest absolute Gasteiger partial charge is 0.386 e. The molecule has 0 unspecified atom stereocenters. The molecule has 2 aliphatic rings. The maximum Gasteiger partial charge on any atom is 0.246 e. The van der Waals surface area contributed by atoms with E-state index in [-0.39, 0.29) is 30.4 Å². The Morgan fingerprint density at radius 2 is 1.74 bits per heavy atom. The number of nitrogens with zero attached hydrogens (tertiary/aromatic N) is 1. The van der Waals surface area contributed by atoms with E-state index in [1.165, 1.54) is 11.8 Å². The molecule has 10 heteroatoms. The van der Waals surface area contributed by atoms with Crippen LogP contribution in [0.1, 0.15) is 71.3 Å². The van der Waals surface area contributed by atoms with Crippen molar-refractivity contribution in [2.24, 2.45) is 0 Å². The number of unbranched alkanes of at least 4 members (excludes halogenated alkanes) is 2. The lowest BCUT2D eigenvalue weighted by molar-refractivity contribution is -0.144. The van der Waals surface area contributed by atoms with E-state index in [2.05, 4.69) is 16.0 Å². The molecule has 10 nitrogen and oxygen atoms in total. The van der Waals surface area contributed by atoms with Crippen LogP contribution in [0.25, 0.3) is 0 Å². The van der Waals surface area contributed by atoms with E-state index in [1.54, 1.807) is 13.8 Å². The van der Waals surface area contributed by atoms with Gasteiger partial charge in [-0.2, -0.15) is 0 Å². The number of aliphatic hydroxyl groups excluding tert-OH is 1. The van der Waals surface area contributed by atoms with E-state index in [4.69, 9.17) is 0 Å². The molecule has 4 atom stereocenters. The quantitative estimate of drug-likeness (QED) is 0.352. The lowest BCUT2D eigenvalue weighted by Gasteiger charge is -2.34. The number of carbonyl (C=O) groups is 5. The number of Topliss-reactive ketones (excluding diaryl/α,β-unsaturated/α-hetero) is 1. The summed E-state index contributed by atoms with van der Waals surface area (Å²) in [5, 5.41) is 17.8. The van der Waals surface area contributed by atoms with E-state index < -0.39 is 41.6 Å². The molecule has 4 amide bonds. The summed E-state index contributed by atoms with van der Waals surface area (Å²) in [5.41, 5.74) is -0.460. The van der Waals surface area contributed by atoms with Crippen LogP contribution in [0.5, 0.6) is 0 Å². The smallest absolute Gasteiger partial charge is 0.246 e. The number of amides is 4. The van der Waals surface area contributed by atoms with Crippen molar-refractivity contribution in [3.63, 3.8) is 0 Å². The number of nitrogens with one attached hydrogen (secondary N) is 3. The molecule has 0 aromatic heterocycles. The van der Waals surface area contributed by atoms with Crippen molar-refractivity contribution >= 4 is 29.4 Å². The van der Waals surface area contributed by atoms with Crippen LogP contribution in [-0.2, 0) is 30.4 Å². The molecule has 0 aliphatic carbocycles. The highest BCUT2D eigenvalue weighted by molar-refractivity contribution is 5.99. The Bertz CT molecular complexity index is 1030. The Labute approximate surface area is 223 Å². The molecular formula is C28H40N4O6. The van der Waals surface area contributed by atoms with E-state index in [1.807, 2.05) is 30.3 Å². The molecular weight excluding hydrogens is 488 g/mol. The Morgan fingerprint density at radius 1 is 1.03 bits per heavy atom. The van der Waals surface area contributed by atoms with E-state index in [0.717, 1.165) is 5.56 Å². The average molecular weight is 529 g/mol. The summed E-state index contributed by atoms with van der Waals surface area (Å²) in [7, 11) is 0. The van der Waals surface area contributed by atoms with Crippen LogP contribution in [0.15, 0.2) is 30.3 Å². The third-order valence-electron chi connectivity index (χ3n) is 7.24. The fraction of sp³-hybridized carbons (Fsp3) is 0.607. The first-order chi connectivity index (χ1) is 18.0. The molecule has 38 heavy (non-hydrogen) atoms. The second-order valence-corrected chi connectivity index (χ2v) is 10.8. The maximum atomic E-state index is 13.6. The Balaban J connectivity index is 1.78. The van der Waals surface area contributed by atoms with Crippen molar-refractivity contribution in [1.29, 1.82) is 0 Å². The second-order valence-electron chi connectivity index (χ2n) is 10.8. The minimum atomic E-state index is -1.33. The molecule has 2 saturated heterocycles. The van der Waals surface area contributed by atoms with E-state index in [0.29, 0.717) is 45.1 Å². The molecule has 4 N–H and O–H groups in total. The van der Waals surface area contributed by atoms with Crippen LogP contribution >= 0.6 is 0 Å². The first-order valence-corrected chi connectivity index (χ1v) is 13.5. The van der Waals surface area contributed by atoms with Crippen molar-refractivity contribution < 1.29 is 29.1 Å². The highest BCUT2D eigenvalue weighted by atomic mass is 16.3. The summed E-state index contributed by atoms with van der Waals surface area (Å²) in [6.45, 7) is 4.96. The zero-order valence-corrected chi connectivity index (χ0v) is 22.5. The van der Waals surface area contributed by atoms with Crippen molar-refractivity contribution in [2.45, 2.75) is 102 Å². The fourth-order valence-electron chi connectivity index (χ4n) is 4.91. The first-order valence-electron chi connectivity index (χ1n) is 13.5. The van der Waals surface area contributed by atoms with Crippen LogP contribution in [0.3, 0.4) is 0 Å². The fourth-order valence-corrected chi connectivity index (χ4v) is 4.91. The highest BCUT2D eigenvalue weighted by Crippen LogP contribution is 2.21. The molecule has 1 aromatic carbocycles. The van der Waals surface area contributed by atoms with Crippen LogP contribution in [0.4, 0.5) is 0 Å². The molecule has 2 fully saturated rings. The third-order valence-corrected chi connectivity index (χ3v) is 7.24. The molecule has 0 spiro atoms. The third kappa shape index (κ3) is 7.63. The summed E-state index contributed by atoms with van der Waals surface area (Å²) in [6, 6.07) is 6.85. The molecule has 1 aromatic rings. The zero-order chi connectivity index (χ0) is 27.9. The van der Waals surface area contributed by atoms with Gasteiger partial charge in [-0.1, -0.05) is 43.2 Å². The van der Waals surface area contributed by atoms with Gasteiger partial charge in [0.15, 0.2) is 5.78 Å². The molecule has 208 valence electrons. The van der Waals surface area contributed by atoms with Crippen LogP contribution in [-0.4, -0.2) is 75.7 Å². The number of hydrogen-bond donors (Lipinski definition) is 4. The summed E-state index contributed by atoms with van der Waals surface area (Å²) in [5.74, 6) is -1.90. The number of carbonyl (C=O) groups excluding carboxylic acids is 5. The van der Waals surface area contributed by atoms with Gasteiger partial charge in [0.1, 0.15) is 29.8 Å². The lowest BCUT2D eigenvalue weighted by atomic mass is 9.98. The molecule has 0 bridgehead atoms. The minimum Gasteiger partial charge on any atom is -0.386 e. The molecule has 0 radical (unpaired) electrons. The number of ketones is 1. The highest BCUT2D eigenvalue weighted by Gasteiger charge is 2.42. The normalized spacial score (nSPS) is 24.8. The Kier molecular flexibility index (Phi) is 10.0. The predicted molar refractivity (Wildman–Crippen MR) is 141 cm³/mol. The SMILES string of the molecule is C[C@H](O)C(=O)CCCCC[C@@H]1NC(=O)[C@H]2CCCN2C(=O)[C@H](Cc2ccccc2)NC(=O)C(C)(C)NC1=O. The van der Waals surface area contributed by atoms with Crippen LogP contribution in [0, 0.1) is 0 Å². The number of fused-ring (bicyclic) bond motifs is 1. The van der Waals surface area contributed by atoms with Crippen molar-refractivity contribution in [3.05, 3.63) is 35.9 Å². The van der Waals surface area contributed by atoms with Gasteiger partial charge in [-0.25, -0.2) is 0 Å². The molecule has 2 aliphatic heterocycles. The Hall–Kier alpha value is -3.27. The summed E-state index contributed by atoms with van der Waals surface area (Å²) in [4.78, 5) is 66.7. The monoisotopic (exact) mass is 528 g/mol. The number of rotatable bonds is 9. The van der Waals surface area contributed by atoms with Gasteiger partial charge in [-0.15, -0.1) is 0 Å². The second kappa shape index (κ2) is 13.0. The van der Waals surface area contributed by atoms with Gasteiger partial charge in [-0.05, 0) is 52.0 Å². The molecule has 3 rings (SSSR count). The van der Waals surface area contributed by atoms with Gasteiger partial charge >= 0.3 is 0 Å². The number of benzene rings is 1. The van der Waals surface area contributed by atoms with Gasteiger partial charge in [0, 0.05) is 19.4 Å². The van der Waals surface area contributed by atoms with Gasteiger partial charge in [0.05, 0.1) is 0 Å². The number of hydrogen-bond acceptors (Lipinski definition) is 6. The topological polar surface area (TPSA) is 145 Å². The number of aliphatic hydroxyl groups is 1. The van der Waals surface area contributed by atoms with Crippen molar-refractivity contribution in [1.82, 2.24) is 20.9 Å². The summed E-state index contributed by atoms with van der Waals surface area (Å²) in [6.07, 6.45) is 2.72. The molecule has 2 heterocycles. The van der Waals surface area contributed by atoms with Gasteiger partial charge in [0.25, 0.3) is 0 Å². The summed E-state index contributed by atoms with van der Waals surface area (Å²) >= 11 is 0. The van der Waals surface area contributed by atoms with Gasteiger partial charge in [-0.3, -0.25) is 24.0 Å². The zero-order valence-electron chi connectivity index (χ0n) is 22.5. The standard InChI is InChI=1S/C28H40N4O6/c1-18(33)23(34)15-9-5-8-13-20-24(35)31-28(2,3)27(38)30-21(17-19-11-6-4-7-12-19)26(37)32-16-10-14-22(32)25(36)29-20/h4,6-7,11-12,18,20-22,33H,5,8-10,13-17H2,1-3H3,(H,29,36)(H,30,38)(H,31,35)/t18-,20-,21-,22+/m0/s1. The van der Waals surface area contributed by atoms with Gasteiger partial charge < -0.3 is 26.0 Å². The van der Waals surface area contributed by atoms with Crippen LogP contribution in [0.2, 0.25) is 0 Å². The van der Waals surface area contributed by atoms with Gasteiger partial charge in [0.2, 0.25) is 23.6 Å². The summed E-state index contributed by atoms with van der Waals surface area (Å²) < 4.78 is 0. The lowest BCUT2D eigenvalue weighted by Crippen LogP contribution is -2.64. The first kappa shape index (κ1) is 29.3. The van der Waals surface area contributed by atoms with E-state index >= 15 is 0 Å². The van der Waals surface area contributed by atoms with Crippen LogP contribution < -0.4 is 16.0 Å². The van der Waals surface area contributed by atoms with Crippen molar-refractivity contribution in [3.8, 4) is 0 Å².